The lowest BCUT2D eigenvalue weighted by Gasteiger charge is -2.54. The van der Waals surface area contributed by atoms with Gasteiger partial charge in [-0.3, -0.25) is 0 Å². The van der Waals surface area contributed by atoms with Gasteiger partial charge in [0.1, 0.15) is 11.6 Å². The molecule has 0 amide bonds. The zero-order chi connectivity index (χ0) is 18.0. The van der Waals surface area contributed by atoms with E-state index >= 15 is 0 Å². The fourth-order valence-corrected chi connectivity index (χ4v) is 6.02. The van der Waals surface area contributed by atoms with Gasteiger partial charge < -0.3 is 14.0 Å². The van der Waals surface area contributed by atoms with E-state index in [-0.39, 0.29) is 10.8 Å². The van der Waals surface area contributed by atoms with Crippen molar-refractivity contribution in [2.45, 2.75) is 56.9 Å². The second-order valence-corrected chi connectivity index (χ2v) is 8.98. The van der Waals surface area contributed by atoms with Crippen LogP contribution in [0.3, 0.4) is 0 Å². The number of nitrogens with zero attached hydrogens (tertiary/aromatic N) is 3. The van der Waals surface area contributed by atoms with Crippen LogP contribution in [0.2, 0.25) is 0 Å². The van der Waals surface area contributed by atoms with Crippen LogP contribution in [0.15, 0.2) is 17.5 Å². The van der Waals surface area contributed by atoms with Gasteiger partial charge in [-0.25, -0.2) is 0 Å². The lowest BCUT2D eigenvalue weighted by molar-refractivity contribution is -0.0784. The van der Waals surface area contributed by atoms with E-state index in [0.717, 1.165) is 39.0 Å². The minimum absolute atomic E-state index is 0.0460. The second kappa shape index (κ2) is 7.41. The van der Waals surface area contributed by atoms with Crippen LogP contribution in [-0.2, 0) is 27.9 Å². The van der Waals surface area contributed by atoms with Crippen LogP contribution in [0.5, 0.6) is 0 Å². The maximum atomic E-state index is 5.56. The molecule has 2 aliphatic rings. The minimum atomic E-state index is -0.0460. The number of methoxy groups -OCH3 is 2. The van der Waals surface area contributed by atoms with Crippen molar-refractivity contribution in [2.24, 2.45) is 5.41 Å². The van der Waals surface area contributed by atoms with E-state index in [1.807, 2.05) is 11.3 Å². The van der Waals surface area contributed by atoms with Gasteiger partial charge >= 0.3 is 0 Å². The summed E-state index contributed by atoms with van der Waals surface area (Å²) in [6, 6.07) is 4.41. The van der Waals surface area contributed by atoms with Gasteiger partial charge in [-0.15, -0.1) is 21.5 Å². The fraction of sp³-hybridized carbons (Fsp3) is 0.700. The molecule has 0 aromatic carbocycles. The molecular weight excluding hydrogens is 346 g/mol. The Balaban J connectivity index is 1.73. The molecule has 3 heterocycles. The summed E-state index contributed by atoms with van der Waals surface area (Å²) >= 11 is 1.84. The van der Waals surface area contributed by atoms with Crippen molar-refractivity contribution in [2.75, 3.05) is 27.4 Å². The van der Waals surface area contributed by atoms with Crippen molar-refractivity contribution in [1.29, 1.82) is 0 Å². The van der Waals surface area contributed by atoms with Crippen molar-refractivity contribution in [3.63, 3.8) is 0 Å². The van der Waals surface area contributed by atoms with Crippen molar-refractivity contribution in [3.05, 3.63) is 34.0 Å². The molecule has 4 rings (SSSR count). The number of thiophene rings is 1. The minimum Gasteiger partial charge on any atom is -0.384 e. The predicted molar refractivity (Wildman–Crippen MR) is 103 cm³/mol. The summed E-state index contributed by atoms with van der Waals surface area (Å²) in [7, 11) is 3.57. The third-order valence-corrected chi connectivity index (χ3v) is 7.11. The van der Waals surface area contributed by atoms with E-state index < -0.39 is 0 Å². The fourth-order valence-electron chi connectivity index (χ4n) is 5.10. The third kappa shape index (κ3) is 3.02. The average Bonchev–Trinajstić information content (AvgIpc) is 3.22. The monoisotopic (exact) mass is 375 g/mol. The quantitative estimate of drug-likeness (QED) is 0.770. The van der Waals surface area contributed by atoms with Crippen LogP contribution >= 0.6 is 11.3 Å². The van der Waals surface area contributed by atoms with Crippen LogP contribution in [0.4, 0.5) is 0 Å². The molecule has 0 N–H and O–H groups in total. The summed E-state index contributed by atoms with van der Waals surface area (Å²) in [4.78, 5) is 1.40. The molecular formula is C20H29N3O2S. The van der Waals surface area contributed by atoms with Crippen molar-refractivity contribution < 1.29 is 9.47 Å². The van der Waals surface area contributed by atoms with E-state index in [9.17, 15) is 0 Å². The number of aromatic nitrogens is 3. The molecule has 0 saturated heterocycles. The predicted octanol–water partition coefficient (Wildman–Crippen LogP) is 3.82. The standard InChI is InChI=1S/C20H29N3O2S/c1-24-14-19(15-25-2)12-20(13-19,16-8-7-11-26-16)18-22-21-17-9-5-3-4-6-10-23(17)18/h7-8,11H,3-6,9-10,12-15H2,1-2H3. The first kappa shape index (κ1) is 18.1. The van der Waals surface area contributed by atoms with E-state index in [1.165, 1.54) is 42.2 Å². The molecule has 0 spiro atoms. The summed E-state index contributed by atoms with van der Waals surface area (Å²) in [5.41, 5.74) is 0.0250. The van der Waals surface area contributed by atoms with E-state index in [4.69, 9.17) is 14.6 Å². The summed E-state index contributed by atoms with van der Waals surface area (Å²) in [5, 5.41) is 11.5. The Hall–Kier alpha value is -1.24. The topological polar surface area (TPSA) is 49.2 Å². The molecule has 1 saturated carbocycles. The van der Waals surface area contributed by atoms with Crippen LogP contribution in [-0.4, -0.2) is 42.2 Å². The first-order chi connectivity index (χ1) is 12.7. The van der Waals surface area contributed by atoms with Gasteiger partial charge in [0, 0.05) is 37.5 Å². The maximum absolute atomic E-state index is 5.56. The Morgan fingerprint density at radius 1 is 1.08 bits per heavy atom. The smallest absolute Gasteiger partial charge is 0.144 e. The number of fused-ring (bicyclic) bond motifs is 1. The molecule has 0 unspecified atom stereocenters. The summed E-state index contributed by atoms with van der Waals surface area (Å²) in [6.45, 7) is 2.51. The van der Waals surface area contributed by atoms with Gasteiger partial charge in [0.25, 0.3) is 0 Å². The van der Waals surface area contributed by atoms with Crippen molar-refractivity contribution >= 4 is 11.3 Å². The highest BCUT2D eigenvalue weighted by Gasteiger charge is 2.59. The Labute approximate surface area is 159 Å². The van der Waals surface area contributed by atoms with Crippen LogP contribution in [0, 0.1) is 5.41 Å². The molecule has 0 radical (unpaired) electrons. The molecule has 6 heteroatoms. The molecule has 1 aliphatic carbocycles. The molecule has 1 fully saturated rings. The summed E-state index contributed by atoms with van der Waals surface area (Å²) in [6.07, 6.45) is 8.14. The van der Waals surface area contributed by atoms with Crippen LogP contribution in [0.25, 0.3) is 0 Å². The van der Waals surface area contributed by atoms with Gasteiger partial charge in [-0.2, -0.15) is 0 Å². The Kier molecular flexibility index (Phi) is 5.17. The van der Waals surface area contributed by atoms with Crippen LogP contribution < -0.4 is 0 Å². The van der Waals surface area contributed by atoms with Gasteiger partial charge in [0.05, 0.1) is 18.6 Å². The number of ether oxygens (including phenoxy) is 2. The second-order valence-electron chi connectivity index (χ2n) is 8.03. The Morgan fingerprint density at radius 3 is 2.54 bits per heavy atom. The molecule has 0 atom stereocenters. The van der Waals surface area contributed by atoms with Gasteiger partial charge in [-0.1, -0.05) is 18.9 Å². The molecule has 5 nitrogen and oxygen atoms in total. The van der Waals surface area contributed by atoms with Gasteiger partial charge in [0.15, 0.2) is 0 Å². The summed E-state index contributed by atoms with van der Waals surface area (Å²) < 4.78 is 13.6. The largest absolute Gasteiger partial charge is 0.384 e. The van der Waals surface area contributed by atoms with E-state index in [2.05, 4.69) is 27.2 Å². The number of hydrogen-bond donors (Lipinski definition) is 0. The maximum Gasteiger partial charge on any atom is 0.144 e. The van der Waals surface area contributed by atoms with Crippen LogP contribution in [0.1, 0.15) is 55.1 Å². The average molecular weight is 376 g/mol. The lowest BCUT2D eigenvalue weighted by atomic mass is 9.52. The lowest BCUT2D eigenvalue weighted by Crippen LogP contribution is -2.55. The Bertz CT molecular complexity index is 712. The van der Waals surface area contributed by atoms with Gasteiger partial charge in [0.2, 0.25) is 0 Å². The molecule has 0 bridgehead atoms. The number of aryl methyl sites for hydroxylation is 1. The zero-order valence-electron chi connectivity index (χ0n) is 15.9. The SMILES string of the molecule is COCC1(COC)CC(c2cccs2)(c2nnc3n2CCCCCC3)C1. The van der Waals surface area contributed by atoms with Crippen molar-refractivity contribution in [1.82, 2.24) is 14.8 Å². The third-order valence-electron chi connectivity index (χ3n) is 6.03. The highest BCUT2D eigenvalue weighted by molar-refractivity contribution is 7.10. The number of hydrogen-bond acceptors (Lipinski definition) is 5. The van der Waals surface area contributed by atoms with Crippen molar-refractivity contribution in [3.8, 4) is 0 Å². The summed E-state index contributed by atoms with van der Waals surface area (Å²) in [5.74, 6) is 2.34. The molecule has 1 aliphatic heterocycles. The molecule has 2 aromatic heterocycles. The molecule has 142 valence electrons. The van der Waals surface area contributed by atoms with E-state index in [1.54, 1.807) is 14.2 Å². The first-order valence-electron chi connectivity index (χ1n) is 9.67. The first-order valence-corrected chi connectivity index (χ1v) is 10.6. The highest BCUT2D eigenvalue weighted by atomic mass is 32.1. The van der Waals surface area contributed by atoms with Gasteiger partial charge in [-0.05, 0) is 37.1 Å². The number of rotatable bonds is 6. The van der Waals surface area contributed by atoms with E-state index in [0.29, 0.717) is 0 Å². The zero-order valence-corrected chi connectivity index (χ0v) is 16.7. The molecule has 26 heavy (non-hydrogen) atoms. The Morgan fingerprint density at radius 2 is 1.85 bits per heavy atom. The normalized spacial score (nSPS) is 21.5. The highest BCUT2D eigenvalue weighted by Crippen LogP contribution is 2.60. The molecule has 2 aromatic rings.